The molecule has 6 heteroatoms. The molecule has 6 nitrogen and oxygen atoms in total. The topological polar surface area (TPSA) is 98.6 Å². The molecule has 1 atom stereocenters. The van der Waals surface area contributed by atoms with E-state index in [1.165, 1.54) is 16.7 Å². The lowest BCUT2D eigenvalue weighted by molar-refractivity contribution is 0.711. The number of nitriles is 1. The fraction of sp³-hybridized carbons (Fsp3) is 0.292. The van der Waals surface area contributed by atoms with E-state index in [0.717, 1.165) is 48.6 Å². The summed E-state index contributed by atoms with van der Waals surface area (Å²) < 4.78 is 0. The molecule has 4 N–H and O–H groups in total. The summed E-state index contributed by atoms with van der Waals surface area (Å²) in [7, 11) is 0. The SMILES string of the molecule is CC(=NN)C1=NCCC(Nc2cccc(C#N)c2)c2cc(C3=CCNCC3)ccc21. The first kappa shape index (κ1) is 19.9. The number of anilines is 1. The van der Waals surface area contributed by atoms with Gasteiger partial charge in [-0.3, -0.25) is 4.99 Å². The average Bonchev–Trinajstić information content (AvgIpc) is 2.98. The Bertz CT molecular complexity index is 1070. The van der Waals surface area contributed by atoms with Crippen LogP contribution >= 0.6 is 0 Å². The summed E-state index contributed by atoms with van der Waals surface area (Å²) in [6, 6.07) is 16.5. The van der Waals surface area contributed by atoms with Gasteiger partial charge in [-0.25, -0.2) is 0 Å². The molecular formula is C24H26N6. The van der Waals surface area contributed by atoms with E-state index in [9.17, 15) is 5.26 Å². The number of nitrogens with two attached hydrogens (primary N) is 1. The molecule has 4 rings (SSSR count). The highest BCUT2D eigenvalue weighted by Crippen LogP contribution is 2.32. The van der Waals surface area contributed by atoms with E-state index in [4.69, 9.17) is 10.8 Å². The second-order valence-corrected chi connectivity index (χ2v) is 7.61. The molecule has 0 saturated heterocycles. The van der Waals surface area contributed by atoms with Crippen molar-refractivity contribution in [1.82, 2.24) is 5.32 Å². The Morgan fingerprint density at radius 1 is 1.30 bits per heavy atom. The summed E-state index contributed by atoms with van der Waals surface area (Å²) in [6.07, 6.45) is 4.13. The summed E-state index contributed by atoms with van der Waals surface area (Å²) in [4.78, 5) is 4.79. The number of nitrogens with zero attached hydrogens (tertiary/aromatic N) is 3. The van der Waals surface area contributed by atoms with Gasteiger partial charge in [-0.2, -0.15) is 10.4 Å². The van der Waals surface area contributed by atoms with Gasteiger partial charge in [0.1, 0.15) is 0 Å². The predicted octanol–water partition coefficient (Wildman–Crippen LogP) is 3.62. The van der Waals surface area contributed by atoms with Gasteiger partial charge in [-0.05, 0) is 67.3 Å². The molecule has 0 radical (unpaired) electrons. The summed E-state index contributed by atoms with van der Waals surface area (Å²) in [5, 5.41) is 20.2. The predicted molar refractivity (Wildman–Crippen MR) is 123 cm³/mol. The van der Waals surface area contributed by atoms with Gasteiger partial charge in [0.15, 0.2) is 0 Å². The van der Waals surface area contributed by atoms with Crippen LogP contribution in [0.4, 0.5) is 5.69 Å². The third-order valence-corrected chi connectivity index (χ3v) is 5.67. The zero-order chi connectivity index (χ0) is 20.9. The minimum Gasteiger partial charge on any atom is -0.378 e. The zero-order valence-corrected chi connectivity index (χ0v) is 17.2. The average molecular weight is 399 g/mol. The number of hydrogen-bond donors (Lipinski definition) is 3. The van der Waals surface area contributed by atoms with Crippen molar-refractivity contribution in [3.05, 3.63) is 70.8 Å². The highest BCUT2D eigenvalue weighted by molar-refractivity contribution is 6.48. The minimum absolute atomic E-state index is 0.0723. The smallest absolute Gasteiger partial charge is 0.0992 e. The largest absolute Gasteiger partial charge is 0.378 e. The molecule has 0 spiro atoms. The molecule has 30 heavy (non-hydrogen) atoms. The molecule has 0 amide bonds. The number of hydrazone groups is 1. The van der Waals surface area contributed by atoms with E-state index >= 15 is 0 Å². The molecule has 0 bridgehead atoms. The monoisotopic (exact) mass is 398 g/mol. The van der Waals surface area contributed by atoms with Crippen molar-refractivity contribution in [1.29, 1.82) is 5.26 Å². The molecule has 2 heterocycles. The minimum atomic E-state index is 0.0723. The summed E-state index contributed by atoms with van der Waals surface area (Å²) in [5.74, 6) is 5.59. The standard InChI is InChI=1S/C24H26N6/c1-16(30-26)24-21-6-5-19(18-7-10-27-11-8-18)14-22(21)23(9-12-28-24)29-20-4-2-3-17(13-20)15-25/h2-7,13-14,23,27,29H,8-12,26H2,1H3. The van der Waals surface area contributed by atoms with Crippen LogP contribution in [0.3, 0.4) is 0 Å². The van der Waals surface area contributed by atoms with E-state index in [1.54, 1.807) is 0 Å². The normalized spacial score (nSPS) is 19.1. The van der Waals surface area contributed by atoms with Crippen LogP contribution in [0.5, 0.6) is 0 Å². The lowest BCUT2D eigenvalue weighted by Gasteiger charge is -2.23. The molecule has 0 aliphatic carbocycles. The van der Waals surface area contributed by atoms with E-state index in [0.29, 0.717) is 12.1 Å². The van der Waals surface area contributed by atoms with Gasteiger partial charge in [0.2, 0.25) is 0 Å². The molecule has 2 aromatic rings. The van der Waals surface area contributed by atoms with Gasteiger partial charge in [-0.1, -0.05) is 24.3 Å². The van der Waals surface area contributed by atoms with Gasteiger partial charge < -0.3 is 16.5 Å². The zero-order valence-electron chi connectivity index (χ0n) is 17.2. The van der Waals surface area contributed by atoms with Gasteiger partial charge >= 0.3 is 0 Å². The van der Waals surface area contributed by atoms with Crippen LogP contribution in [0.1, 0.15) is 48.1 Å². The number of nitrogens with one attached hydrogen (secondary N) is 2. The Hall–Kier alpha value is -3.43. The maximum absolute atomic E-state index is 9.24. The van der Waals surface area contributed by atoms with Crippen LogP contribution in [0.2, 0.25) is 0 Å². The Morgan fingerprint density at radius 3 is 2.97 bits per heavy atom. The van der Waals surface area contributed by atoms with Crippen molar-refractivity contribution in [2.24, 2.45) is 15.9 Å². The molecule has 2 aromatic carbocycles. The van der Waals surface area contributed by atoms with Crippen molar-refractivity contribution in [2.45, 2.75) is 25.8 Å². The molecular weight excluding hydrogens is 372 g/mol. The third-order valence-electron chi connectivity index (χ3n) is 5.67. The van der Waals surface area contributed by atoms with Crippen molar-refractivity contribution >= 4 is 22.7 Å². The summed E-state index contributed by atoms with van der Waals surface area (Å²) in [6.45, 7) is 4.47. The van der Waals surface area contributed by atoms with Crippen LogP contribution in [0.25, 0.3) is 5.57 Å². The second-order valence-electron chi connectivity index (χ2n) is 7.61. The second kappa shape index (κ2) is 8.93. The van der Waals surface area contributed by atoms with Crippen LogP contribution in [0, 0.1) is 11.3 Å². The Kier molecular flexibility index (Phi) is 5.92. The molecule has 1 unspecified atom stereocenters. The molecule has 2 aliphatic heterocycles. The van der Waals surface area contributed by atoms with Crippen molar-refractivity contribution in [3.8, 4) is 6.07 Å². The fourth-order valence-corrected chi connectivity index (χ4v) is 4.10. The molecule has 2 aliphatic rings. The Morgan fingerprint density at radius 2 is 2.20 bits per heavy atom. The van der Waals surface area contributed by atoms with Crippen LogP contribution in [-0.2, 0) is 0 Å². The molecule has 0 fully saturated rings. The van der Waals surface area contributed by atoms with E-state index in [1.807, 2.05) is 31.2 Å². The van der Waals surface area contributed by atoms with Crippen LogP contribution < -0.4 is 16.5 Å². The maximum Gasteiger partial charge on any atom is 0.0992 e. The quantitative estimate of drug-likeness (QED) is 0.416. The summed E-state index contributed by atoms with van der Waals surface area (Å²) in [5.41, 5.74) is 8.03. The van der Waals surface area contributed by atoms with Gasteiger partial charge in [-0.15, -0.1) is 0 Å². The van der Waals surface area contributed by atoms with Gasteiger partial charge in [0.25, 0.3) is 0 Å². The highest BCUT2D eigenvalue weighted by atomic mass is 15.1. The van der Waals surface area contributed by atoms with Gasteiger partial charge in [0, 0.05) is 24.3 Å². The molecule has 0 saturated carbocycles. The highest BCUT2D eigenvalue weighted by Gasteiger charge is 2.24. The first-order valence-electron chi connectivity index (χ1n) is 10.3. The van der Waals surface area contributed by atoms with Crippen molar-refractivity contribution < 1.29 is 0 Å². The van der Waals surface area contributed by atoms with Gasteiger partial charge in [0.05, 0.1) is 29.1 Å². The third kappa shape index (κ3) is 4.12. The van der Waals surface area contributed by atoms with Crippen molar-refractivity contribution in [3.63, 3.8) is 0 Å². The van der Waals surface area contributed by atoms with Crippen LogP contribution in [0.15, 0.2) is 58.6 Å². The Balaban J connectivity index is 1.77. The number of rotatable bonds is 4. The lowest BCUT2D eigenvalue weighted by Crippen LogP contribution is -2.21. The maximum atomic E-state index is 9.24. The fourth-order valence-electron chi connectivity index (χ4n) is 4.10. The molecule has 152 valence electrons. The molecule has 0 aromatic heterocycles. The van der Waals surface area contributed by atoms with Crippen LogP contribution in [-0.4, -0.2) is 31.1 Å². The van der Waals surface area contributed by atoms with E-state index in [-0.39, 0.29) is 6.04 Å². The van der Waals surface area contributed by atoms with E-state index in [2.05, 4.69) is 46.1 Å². The number of hydrogen-bond acceptors (Lipinski definition) is 6. The lowest BCUT2D eigenvalue weighted by atomic mass is 9.89. The van der Waals surface area contributed by atoms with E-state index < -0.39 is 0 Å². The number of benzene rings is 2. The van der Waals surface area contributed by atoms with Crippen molar-refractivity contribution in [2.75, 3.05) is 25.0 Å². The Labute approximate surface area is 177 Å². The summed E-state index contributed by atoms with van der Waals surface area (Å²) >= 11 is 0. The number of fused-ring (bicyclic) bond motifs is 1. The first-order chi connectivity index (χ1) is 14.7. The first-order valence-corrected chi connectivity index (χ1v) is 10.3. The number of aliphatic imine (C=N–C) groups is 1.